The van der Waals surface area contributed by atoms with E-state index in [1.807, 2.05) is 31.2 Å². The van der Waals surface area contributed by atoms with E-state index in [1.54, 1.807) is 30.0 Å². The molecule has 3 N–H and O–H groups in total. The van der Waals surface area contributed by atoms with Gasteiger partial charge in [-0.2, -0.15) is 4.98 Å². The number of amides is 2. The smallest absolute Gasteiger partial charge is 0.320 e. The minimum Gasteiger partial charge on any atom is -0.355 e. The second kappa shape index (κ2) is 7.35. The zero-order chi connectivity index (χ0) is 19.5. The largest absolute Gasteiger partial charge is 0.355 e. The molecule has 0 unspecified atom stereocenters. The van der Waals surface area contributed by atoms with Crippen LogP contribution in [0.2, 0.25) is 0 Å². The lowest BCUT2D eigenvalue weighted by atomic mass is 10.1. The van der Waals surface area contributed by atoms with E-state index < -0.39 is 0 Å². The zero-order valence-electron chi connectivity index (χ0n) is 15.3. The number of anilines is 2. The van der Waals surface area contributed by atoms with Crippen LogP contribution in [0, 0.1) is 0 Å². The number of nitrogens with zero attached hydrogens (tertiary/aromatic N) is 5. The molecule has 4 rings (SSSR count). The first kappa shape index (κ1) is 17.5. The van der Waals surface area contributed by atoms with Crippen LogP contribution in [0.3, 0.4) is 0 Å². The van der Waals surface area contributed by atoms with Crippen molar-refractivity contribution >= 4 is 23.4 Å². The Morgan fingerprint density at radius 3 is 2.86 bits per heavy atom. The van der Waals surface area contributed by atoms with Crippen LogP contribution in [0.1, 0.15) is 6.92 Å². The molecular formula is C18H18N8O2. The summed E-state index contributed by atoms with van der Waals surface area (Å²) in [6, 6.07) is 7.30. The van der Waals surface area contributed by atoms with Crippen molar-refractivity contribution in [2.45, 2.75) is 6.92 Å². The summed E-state index contributed by atoms with van der Waals surface area (Å²) in [7, 11) is 1.71. The van der Waals surface area contributed by atoms with Gasteiger partial charge in [0, 0.05) is 31.5 Å². The predicted molar refractivity (Wildman–Crippen MR) is 104 cm³/mol. The van der Waals surface area contributed by atoms with Crippen LogP contribution < -0.4 is 16.0 Å². The molecule has 10 heteroatoms. The molecule has 0 radical (unpaired) electrons. The average Bonchev–Trinajstić information content (AvgIpc) is 3.34. The molecule has 0 aliphatic heterocycles. The third-order valence-electron chi connectivity index (χ3n) is 4.01. The van der Waals surface area contributed by atoms with Crippen molar-refractivity contribution in [1.82, 2.24) is 29.8 Å². The lowest BCUT2D eigenvalue weighted by Gasteiger charge is -2.06. The fraction of sp³-hybridized carbons (Fsp3) is 0.167. The van der Waals surface area contributed by atoms with Gasteiger partial charge in [0.1, 0.15) is 11.3 Å². The maximum absolute atomic E-state index is 11.8. The van der Waals surface area contributed by atoms with Crippen molar-refractivity contribution in [3.05, 3.63) is 42.9 Å². The number of hydrogen-bond donors (Lipinski definition) is 3. The third kappa shape index (κ3) is 3.34. The van der Waals surface area contributed by atoms with Gasteiger partial charge in [0.05, 0.1) is 6.20 Å². The monoisotopic (exact) mass is 378 g/mol. The zero-order valence-corrected chi connectivity index (χ0v) is 15.3. The maximum Gasteiger partial charge on any atom is 0.320 e. The van der Waals surface area contributed by atoms with Crippen molar-refractivity contribution in [2.24, 2.45) is 0 Å². The highest BCUT2D eigenvalue weighted by Crippen LogP contribution is 2.29. The molecule has 0 aliphatic carbocycles. The third-order valence-corrected chi connectivity index (χ3v) is 4.01. The van der Waals surface area contributed by atoms with Gasteiger partial charge in [-0.1, -0.05) is 6.07 Å². The molecule has 0 fully saturated rings. The molecule has 0 saturated heterocycles. The van der Waals surface area contributed by atoms with Crippen LogP contribution in [0.4, 0.5) is 16.6 Å². The normalized spacial score (nSPS) is 10.8. The highest BCUT2D eigenvalue weighted by Gasteiger charge is 2.16. The summed E-state index contributed by atoms with van der Waals surface area (Å²) in [6.45, 7) is 2.36. The summed E-state index contributed by atoms with van der Waals surface area (Å²) in [5.74, 6) is 1.10. The first-order valence-corrected chi connectivity index (χ1v) is 8.68. The summed E-state index contributed by atoms with van der Waals surface area (Å²) in [4.78, 5) is 24.8. The Kier molecular flexibility index (Phi) is 4.58. The highest BCUT2D eigenvalue weighted by atomic mass is 16.5. The van der Waals surface area contributed by atoms with Crippen molar-refractivity contribution in [3.63, 3.8) is 0 Å². The van der Waals surface area contributed by atoms with Crippen molar-refractivity contribution in [2.75, 3.05) is 24.2 Å². The van der Waals surface area contributed by atoms with Crippen LogP contribution >= 0.6 is 0 Å². The van der Waals surface area contributed by atoms with E-state index in [2.05, 4.69) is 36.1 Å². The van der Waals surface area contributed by atoms with Gasteiger partial charge in [0.15, 0.2) is 5.82 Å². The van der Waals surface area contributed by atoms with Crippen molar-refractivity contribution in [3.8, 4) is 22.7 Å². The fourth-order valence-electron chi connectivity index (χ4n) is 2.76. The molecule has 0 atom stereocenters. The molecule has 10 nitrogen and oxygen atoms in total. The van der Waals surface area contributed by atoms with Crippen LogP contribution in [0.5, 0.6) is 0 Å². The Hall–Kier alpha value is -3.95. The van der Waals surface area contributed by atoms with E-state index in [9.17, 15) is 4.79 Å². The number of carbonyl (C=O) groups is 1. The number of urea groups is 1. The summed E-state index contributed by atoms with van der Waals surface area (Å²) in [5, 5.41) is 12.1. The van der Waals surface area contributed by atoms with Crippen molar-refractivity contribution in [1.29, 1.82) is 0 Å². The van der Waals surface area contributed by atoms with Crippen LogP contribution in [-0.2, 0) is 0 Å². The van der Waals surface area contributed by atoms with E-state index in [0.717, 1.165) is 11.1 Å². The van der Waals surface area contributed by atoms with E-state index >= 15 is 0 Å². The molecule has 4 aromatic heterocycles. The van der Waals surface area contributed by atoms with Crippen LogP contribution in [-0.4, -0.2) is 44.1 Å². The number of imidazole rings is 1. The van der Waals surface area contributed by atoms with Crippen molar-refractivity contribution < 1.29 is 9.32 Å². The van der Waals surface area contributed by atoms with E-state index in [0.29, 0.717) is 35.5 Å². The van der Waals surface area contributed by atoms with E-state index in [1.165, 1.54) is 0 Å². The molecule has 0 spiro atoms. The molecule has 2 amide bonds. The Bertz CT molecular complexity index is 1120. The first-order valence-electron chi connectivity index (χ1n) is 8.68. The van der Waals surface area contributed by atoms with Crippen LogP contribution in [0.25, 0.3) is 28.4 Å². The number of hydrogen-bond acceptors (Lipinski definition) is 7. The van der Waals surface area contributed by atoms with Gasteiger partial charge < -0.3 is 15.2 Å². The summed E-state index contributed by atoms with van der Waals surface area (Å²) < 4.78 is 7.17. The van der Waals surface area contributed by atoms with Gasteiger partial charge in [0.25, 0.3) is 11.8 Å². The molecule has 4 aromatic rings. The SMILES string of the molecule is CCNC(=O)Nc1cn2c(-c3nc(NC)no3)cc(-c3cccnc3)cc2n1. The summed E-state index contributed by atoms with van der Waals surface area (Å²) in [6.07, 6.45) is 5.18. The fourth-order valence-corrected chi connectivity index (χ4v) is 2.76. The van der Waals surface area contributed by atoms with Gasteiger partial charge >= 0.3 is 6.03 Å². The molecular weight excluding hydrogens is 360 g/mol. The molecule has 0 saturated carbocycles. The minimum absolute atomic E-state index is 0.321. The first-order chi connectivity index (χ1) is 13.7. The minimum atomic E-state index is -0.324. The van der Waals surface area contributed by atoms with Gasteiger partial charge in [-0.25, -0.2) is 9.78 Å². The maximum atomic E-state index is 11.8. The molecule has 0 aromatic carbocycles. The topological polar surface area (TPSA) is 122 Å². The molecule has 0 bridgehead atoms. The summed E-state index contributed by atoms with van der Waals surface area (Å²) in [5.41, 5.74) is 3.06. The lowest BCUT2D eigenvalue weighted by molar-refractivity contribution is 0.252. The number of carbonyl (C=O) groups excluding carboxylic acids is 1. The van der Waals surface area contributed by atoms with Crippen LogP contribution in [0.15, 0.2) is 47.4 Å². The predicted octanol–water partition coefficient (Wildman–Crippen LogP) is 2.63. The quantitative estimate of drug-likeness (QED) is 0.488. The number of nitrogens with one attached hydrogen (secondary N) is 3. The number of pyridine rings is 2. The second-order valence-electron chi connectivity index (χ2n) is 5.88. The van der Waals surface area contributed by atoms with Gasteiger partial charge in [-0.05, 0) is 35.8 Å². The van der Waals surface area contributed by atoms with Gasteiger partial charge in [-0.3, -0.25) is 14.7 Å². The molecule has 28 heavy (non-hydrogen) atoms. The Labute approximate surface area is 160 Å². The highest BCUT2D eigenvalue weighted by molar-refractivity contribution is 5.88. The van der Waals surface area contributed by atoms with Gasteiger partial charge in [0.2, 0.25) is 0 Å². The number of rotatable bonds is 5. The molecule has 0 aliphatic rings. The average molecular weight is 378 g/mol. The van der Waals surface area contributed by atoms with Gasteiger partial charge in [-0.15, -0.1) is 0 Å². The standard InChI is InChI=1S/C18H18N8O2/c1-3-21-18(27)23-14-10-26-13(16-24-17(19-2)25-28-16)7-12(8-15(26)22-14)11-5-4-6-20-9-11/h4-10H,3H2,1-2H3,(H,19,25)(H2,21,23,27). The molecule has 4 heterocycles. The Balaban J connectivity index is 1.85. The molecule has 142 valence electrons. The van der Waals surface area contributed by atoms with E-state index in [4.69, 9.17) is 4.52 Å². The second-order valence-corrected chi connectivity index (χ2v) is 5.88. The Morgan fingerprint density at radius 1 is 1.25 bits per heavy atom. The van der Waals surface area contributed by atoms with E-state index in [-0.39, 0.29) is 6.03 Å². The lowest BCUT2D eigenvalue weighted by Crippen LogP contribution is -2.28. The Morgan fingerprint density at radius 2 is 2.14 bits per heavy atom. The summed E-state index contributed by atoms with van der Waals surface area (Å²) >= 11 is 0. The number of fused-ring (bicyclic) bond motifs is 1. The number of aromatic nitrogens is 5.